The van der Waals surface area contributed by atoms with Gasteiger partial charge in [-0.3, -0.25) is 0 Å². The van der Waals surface area contributed by atoms with E-state index < -0.39 is 5.97 Å². The van der Waals surface area contributed by atoms with Crippen molar-refractivity contribution in [1.29, 1.82) is 0 Å². The number of carboxylic acids is 1. The molecule has 0 amide bonds. The van der Waals surface area contributed by atoms with E-state index in [4.69, 9.17) is 14.6 Å². The smallest absolute Gasteiger partial charge is 0.341 e. The Morgan fingerprint density at radius 2 is 1.93 bits per heavy atom. The molecule has 1 saturated carbocycles. The molecule has 152 valence electrons. The Morgan fingerprint density at radius 1 is 1.22 bits per heavy atom. The summed E-state index contributed by atoms with van der Waals surface area (Å²) in [4.78, 5) is 10.8. The summed E-state index contributed by atoms with van der Waals surface area (Å²) in [7, 11) is 0. The van der Waals surface area contributed by atoms with Crippen LogP contribution < -0.4 is 10.1 Å². The molecule has 3 N–H and O–H groups in total. The van der Waals surface area contributed by atoms with Gasteiger partial charge in [-0.15, -0.1) is 12.4 Å². The predicted molar refractivity (Wildman–Crippen MR) is 105 cm³/mol. The molecule has 1 aromatic carbocycles. The average molecular weight is 400 g/mol. The van der Waals surface area contributed by atoms with Crippen molar-refractivity contribution >= 4 is 18.4 Å². The lowest BCUT2D eigenvalue weighted by atomic mass is 9.82. The molecule has 0 unspecified atom stereocenters. The summed E-state index contributed by atoms with van der Waals surface area (Å²) in [6, 6.07) is 8.10. The van der Waals surface area contributed by atoms with E-state index >= 15 is 0 Å². The van der Waals surface area contributed by atoms with E-state index in [-0.39, 0.29) is 37.3 Å². The summed E-state index contributed by atoms with van der Waals surface area (Å²) in [6.45, 7) is 2.32. The van der Waals surface area contributed by atoms with E-state index in [2.05, 4.69) is 12.2 Å². The Kier molecular flexibility index (Phi) is 8.35. The third-order valence-electron chi connectivity index (χ3n) is 5.45. The number of halogens is 1. The molecule has 1 aromatic rings. The second kappa shape index (κ2) is 10.3. The van der Waals surface area contributed by atoms with Crippen LogP contribution in [0, 0.1) is 0 Å². The zero-order chi connectivity index (χ0) is 18.5. The molecule has 0 spiro atoms. The Balaban J connectivity index is 0.00000261. The van der Waals surface area contributed by atoms with Crippen LogP contribution in [0.3, 0.4) is 0 Å². The van der Waals surface area contributed by atoms with E-state index in [0.717, 1.165) is 37.7 Å². The highest BCUT2D eigenvalue weighted by Gasteiger charge is 2.31. The van der Waals surface area contributed by atoms with Crippen LogP contribution in [-0.4, -0.2) is 53.7 Å². The van der Waals surface area contributed by atoms with Crippen molar-refractivity contribution in [2.45, 2.75) is 69.2 Å². The van der Waals surface area contributed by atoms with Crippen LogP contribution in [0.5, 0.6) is 5.75 Å². The normalized spacial score (nSPS) is 30.5. The van der Waals surface area contributed by atoms with Gasteiger partial charge in [-0.1, -0.05) is 18.2 Å². The van der Waals surface area contributed by atoms with Gasteiger partial charge in [-0.25, -0.2) is 4.79 Å². The maximum Gasteiger partial charge on any atom is 0.341 e. The molecular weight excluding hydrogens is 370 g/mol. The van der Waals surface area contributed by atoms with E-state index in [1.807, 2.05) is 24.3 Å². The Hall–Kier alpha value is -1.34. The quantitative estimate of drug-likeness (QED) is 0.653. The molecule has 0 bridgehead atoms. The number of aliphatic carboxylic acids is 1. The fourth-order valence-corrected chi connectivity index (χ4v) is 4.10. The van der Waals surface area contributed by atoms with E-state index in [1.165, 1.54) is 0 Å². The molecule has 1 saturated heterocycles. The van der Waals surface area contributed by atoms with Crippen LogP contribution >= 0.6 is 12.4 Å². The van der Waals surface area contributed by atoms with Crippen molar-refractivity contribution in [3.8, 4) is 5.75 Å². The maximum atomic E-state index is 10.8. The van der Waals surface area contributed by atoms with Gasteiger partial charge in [-0.05, 0) is 56.6 Å². The van der Waals surface area contributed by atoms with E-state index in [9.17, 15) is 9.90 Å². The minimum absolute atomic E-state index is 0. The molecule has 1 aliphatic carbocycles. The molecule has 1 heterocycles. The first kappa shape index (κ1) is 22.0. The minimum Gasteiger partial charge on any atom is -0.482 e. The molecule has 2 aliphatic rings. The second-order valence-electron chi connectivity index (χ2n) is 7.50. The van der Waals surface area contributed by atoms with Crippen LogP contribution in [0.25, 0.3) is 0 Å². The number of benzene rings is 1. The van der Waals surface area contributed by atoms with Crippen molar-refractivity contribution < 1.29 is 24.5 Å². The van der Waals surface area contributed by atoms with E-state index in [0.29, 0.717) is 24.3 Å². The number of ether oxygens (including phenoxy) is 2. The van der Waals surface area contributed by atoms with Crippen LogP contribution in [0.1, 0.15) is 50.5 Å². The third-order valence-corrected chi connectivity index (χ3v) is 5.45. The van der Waals surface area contributed by atoms with Crippen LogP contribution in [0.15, 0.2) is 24.3 Å². The molecule has 0 aromatic heterocycles. The van der Waals surface area contributed by atoms with Gasteiger partial charge in [0.2, 0.25) is 0 Å². The summed E-state index contributed by atoms with van der Waals surface area (Å²) < 4.78 is 11.5. The summed E-state index contributed by atoms with van der Waals surface area (Å²) in [5, 5.41) is 22.2. The molecule has 7 heteroatoms. The highest BCUT2D eigenvalue weighted by molar-refractivity contribution is 5.85. The van der Waals surface area contributed by atoms with Crippen LogP contribution in [0.2, 0.25) is 0 Å². The van der Waals surface area contributed by atoms with Gasteiger partial charge in [0, 0.05) is 6.04 Å². The number of para-hydroxylation sites is 1. The van der Waals surface area contributed by atoms with Gasteiger partial charge in [0.1, 0.15) is 5.75 Å². The van der Waals surface area contributed by atoms with E-state index in [1.54, 1.807) is 0 Å². The Bertz CT molecular complexity index is 606. The molecule has 3 atom stereocenters. The summed E-state index contributed by atoms with van der Waals surface area (Å²) in [5.74, 6) is 0.0792. The molecule has 27 heavy (non-hydrogen) atoms. The summed E-state index contributed by atoms with van der Waals surface area (Å²) >= 11 is 0. The van der Waals surface area contributed by atoms with Gasteiger partial charge in [0.25, 0.3) is 0 Å². The zero-order valence-electron chi connectivity index (χ0n) is 15.7. The Morgan fingerprint density at radius 3 is 2.56 bits per heavy atom. The SMILES string of the molecule is C[C@@H]1C[C@@H](O)[C@@H](COC2CCC(c3ccccc3OCC(=O)O)CC2)N1.Cl. The van der Waals surface area contributed by atoms with Gasteiger partial charge < -0.3 is 25.0 Å². The molecule has 0 radical (unpaired) electrons. The third kappa shape index (κ3) is 6.07. The first-order valence-electron chi connectivity index (χ1n) is 9.52. The fourth-order valence-electron chi connectivity index (χ4n) is 4.10. The molecule has 2 fully saturated rings. The lowest BCUT2D eigenvalue weighted by molar-refractivity contribution is -0.139. The summed E-state index contributed by atoms with van der Waals surface area (Å²) in [5.41, 5.74) is 1.09. The van der Waals surface area contributed by atoms with Crippen molar-refractivity contribution in [1.82, 2.24) is 5.32 Å². The highest BCUT2D eigenvalue weighted by atomic mass is 35.5. The van der Waals surface area contributed by atoms with Crippen molar-refractivity contribution in [3.63, 3.8) is 0 Å². The summed E-state index contributed by atoms with van der Waals surface area (Å²) in [6.07, 6.45) is 4.62. The first-order valence-corrected chi connectivity index (χ1v) is 9.52. The maximum absolute atomic E-state index is 10.8. The van der Waals surface area contributed by atoms with Crippen molar-refractivity contribution in [3.05, 3.63) is 29.8 Å². The monoisotopic (exact) mass is 399 g/mol. The molecule has 6 nitrogen and oxygen atoms in total. The standard InChI is InChI=1S/C20H29NO5.ClH/c1-13-10-18(22)17(21-13)11-25-15-8-6-14(7-9-15)16-4-2-3-5-19(16)26-12-20(23)24;/h2-5,13-15,17-18,21-22H,6-12H2,1H3,(H,23,24);1H/t13-,14?,15?,17-,18-;/m1./s1. The number of hydrogen-bond acceptors (Lipinski definition) is 5. The largest absolute Gasteiger partial charge is 0.482 e. The van der Waals surface area contributed by atoms with Gasteiger partial charge >= 0.3 is 5.97 Å². The number of carboxylic acid groups (broad SMARTS) is 1. The van der Waals surface area contributed by atoms with Crippen LogP contribution in [0.4, 0.5) is 0 Å². The van der Waals surface area contributed by atoms with Crippen LogP contribution in [-0.2, 0) is 9.53 Å². The minimum atomic E-state index is -0.964. The number of aliphatic hydroxyl groups is 1. The lowest BCUT2D eigenvalue weighted by Crippen LogP contribution is -2.38. The van der Waals surface area contributed by atoms with Gasteiger partial charge in [-0.2, -0.15) is 0 Å². The molecular formula is C20H30ClNO5. The average Bonchev–Trinajstić information content (AvgIpc) is 2.96. The predicted octanol–water partition coefficient (Wildman–Crippen LogP) is 2.73. The van der Waals surface area contributed by atoms with Gasteiger partial charge in [0.05, 0.1) is 24.9 Å². The number of carbonyl (C=O) groups is 1. The van der Waals surface area contributed by atoms with Crippen molar-refractivity contribution in [2.75, 3.05) is 13.2 Å². The molecule has 1 aliphatic heterocycles. The highest BCUT2D eigenvalue weighted by Crippen LogP contribution is 2.38. The first-order chi connectivity index (χ1) is 12.5. The van der Waals surface area contributed by atoms with Gasteiger partial charge in [0.15, 0.2) is 6.61 Å². The topological polar surface area (TPSA) is 88.0 Å². The fraction of sp³-hybridized carbons (Fsp3) is 0.650. The molecule has 3 rings (SSSR count). The second-order valence-corrected chi connectivity index (χ2v) is 7.50. The number of nitrogens with one attached hydrogen (secondary N) is 1. The number of hydrogen-bond donors (Lipinski definition) is 3. The zero-order valence-corrected chi connectivity index (χ0v) is 16.5. The number of rotatable bonds is 7. The number of aliphatic hydroxyl groups excluding tert-OH is 1. The Labute approximate surface area is 166 Å². The van der Waals surface area contributed by atoms with Crippen molar-refractivity contribution in [2.24, 2.45) is 0 Å². The lowest BCUT2D eigenvalue weighted by Gasteiger charge is -2.30.